The topological polar surface area (TPSA) is 57.4 Å². The van der Waals surface area contributed by atoms with E-state index in [0.717, 1.165) is 44.8 Å². The van der Waals surface area contributed by atoms with Gasteiger partial charge in [-0.3, -0.25) is 0 Å². The maximum absolute atomic E-state index is 15.4. The van der Waals surface area contributed by atoms with Crippen LogP contribution in [0, 0.1) is 141 Å². The van der Waals surface area contributed by atoms with Crippen LogP contribution in [0.25, 0.3) is 46.4 Å². The number of nitrogens with zero attached hydrogens (tertiary/aromatic N) is 2. The summed E-state index contributed by atoms with van der Waals surface area (Å²) in [5.41, 5.74) is -6.47. The van der Waals surface area contributed by atoms with Gasteiger partial charge in [-0.25, -0.2) is 97.8 Å². The van der Waals surface area contributed by atoms with Gasteiger partial charge in [0, 0.05) is 22.1 Å². The fraction of sp³-hybridized carbons (Fsp3) is 0. The number of fused-ring (bicyclic) bond motifs is 8. The third-order valence-electron chi connectivity index (χ3n) is 13.2. The van der Waals surface area contributed by atoms with Gasteiger partial charge in [0.25, 0.3) is 0 Å². The van der Waals surface area contributed by atoms with E-state index in [9.17, 15) is 52.7 Å². The van der Waals surface area contributed by atoms with Crippen LogP contribution in [-0.4, -0.2) is 26.1 Å². The molecule has 482 valence electrons. The number of rotatable bonds is 4. The Morgan fingerprint density at radius 3 is 0.600 bits per heavy atom. The van der Waals surface area contributed by atoms with Crippen molar-refractivity contribution in [2.24, 2.45) is 0 Å². The molecule has 2 N–H and O–H groups in total. The van der Waals surface area contributed by atoms with Crippen LogP contribution in [-0.2, 0) is 19.5 Å². The Morgan fingerprint density at radius 2 is 0.421 bits per heavy atom. The van der Waals surface area contributed by atoms with Crippen molar-refractivity contribution in [3.8, 4) is 0 Å². The molecule has 8 bridgehead atoms. The standard InChI is InChI=1S/C24BF20.C20H14N4.4C6H5.ClH.Zn/c26-5-1(6(27)14(35)21(42)13(5)34)25(2-7(28)15(36)22(43)16(37)8(2)29,3-9(30)17(38)23(44)18(39)10(3)31)4-11(32)19(40)24(45)20(41)12(4)33;1-2-14-10-16-5-6-18(23-16)12-20-8-7-19(24-20)11-17-4-3-15(22-17)9-13(1)21-14;4*1-2-4-6-5-3-1;;/h;1-12,21-22H;4*1-5H;1H;/q-1;;4*-1;;+2. The van der Waals surface area contributed by atoms with E-state index in [4.69, 9.17) is 0 Å². The summed E-state index contributed by atoms with van der Waals surface area (Å²) >= 11 is 0. The quantitative estimate of drug-likeness (QED) is 0.0607. The summed E-state index contributed by atoms with van der Waals surface area (Å²) in [6.07, 6.45) is 0.830. The Bertz CT molecular complexity index is 4000. The monoisotopic (exact) mass is 1400 g/mol. The SMILES string of the molecule is C1=Cc2cc3ccc(cc4ccc(cc5nc(cc1n2)C=C5)[nH]4)[nH]3.Cl.Fc1c(F)c(F)c([B-](c2c(F)c(F)c(F)c(F)c2F)(c2c(F)c(F)c(F)c(F)c2F)c2c(F)c(F)c(F)c(F)c2F)c(F)c1F.[Zn+2].[c-]1ccccc1.[c-]1ccccc1.[c-]1ccccc1.[c-]1ccccc1. The van der Waals surface area contributed by atoms with E-state index in [0.29, 0.717) is 0 Å². The minimum absolute atomic E-state index is 0. The zero-order valence-corrected chi connectivity index (χ0v) is 51.4. The van der Waals surface area contributed by atoms with Crippen molar-refractivity contribution in [3.63, 3.8) is 0 Å². The molecule has 2 aliphatic rings. The van der Waals surface area contributed by atoms with Crippen LogP contribution in [0.15, 0.2) is 170 Å². The molecule has 0 unspecified atom stereocenters. The molecule has 0 saturated carbocycles. The van der Waals surface area contributed by atoms with E-state index in [1.165, 1.54) is 0 Å². The fourth-order valence-electron chi connectivity index (χ4n) is 9.19. The molecule has 0 radical (unpaired) electrons. The van der Waals surface area contributed by atoms with Crippen LogP contribution in [0.2, 0.25) is 0 Å². The van der Waals surface area contributed by atoms with Crippen molar-refractivity contribution >= 4 is 86.8 Å². The predicted octanol–water partition coefficient (Wildman–Crippen LogP) is 16.9. The summed E-state index contributed by atoms with van der Waals surface area (Å²) in [7, 11) is 0. The van der Waals surface area contributed by atoms with Crippen molar-refractivity contribution in [3.05, 3.63) is 333 Å². The largest absolute Gasteiger partial charge is 2.00 e. The van der Waals surface area contributed by atoms with Crippen molar-refractivity contribution < 1.29 is 107 Å². The Labute approximate surface area is 544 Å². The van der Waals surface area contributed by atoms with Gasteiger partial charge in [0.2, 0.25) is 0 Å². The molecule has 5 heterocycles. The van der Waals surface area contributed by atoms with E-state index in [1.54, 1.807) is 0 Å². The normalized spacial score (nSPS) is 10.9. The number of nitrogens with one attached hydrogen (secondary N) is 2. The first-order valence-corrected chi connectivity index (χ1v) is 26.4. The Hall–Kier alpha value is -10.1. The maximum Gasteiger partial charge on any atom is 2.00 e. The third-order valence-corrected chi connectivity index (χ3v) is 13.2. The van der Waals surface area contributed by atoms with Crippen molar-refractivity contribution in [2.45, 2.75) is 0 Å². The first-order chi connectivity index (χ1) is 44.5. The molecule has 13 rings (SSSR count). The number of hydrogen-bond donors (Lipinski definition) is 2. The number of H-pyrrole nitrogens is 2. The van der Waals surface area contributed by atoms with Crippen LogP contribution in [0.1, 0.15) is 22.8 Å². The van der Waals surface area contributed by atoms with Gasteiger partial charge >= 0.3 is 19.5 Å². The molecular weight excluding hydrogens is 1360 g/mol. The first-order valence-electron chi connectivity index (χ1n) is 26.4. The molecule has 0 aliphatic carbocycles. The van der Waals surface area contributed by atoms with Gasteiger partial charge in [-0.2, -0.15) is 146 Å². The third kappa shape index (κ3) is 16.3. The molecule has 0 fully saturated rings. The summed E-state index contributed by atoms with van der Waals surface area (Å²) in [6.45, 7) is 0. The van der Waals surface area contributed by atoms with Crippen molar-refractivity contribution in [1.82, 2.24) is 19.9 Å². The zero-order valence-electron chi connectivity index (χ0n) is 47.6. The number of halogens is 21. The number of aromatic amines is 2. The second-order valence-electron chi connectivity index (χ2n) is 19.0. The smallest absolute Gasteiger partial charge is 0.355 e. The van der Waals surface area contributed by atoms with Crippen LogP contribution in [0.3, 0.4) is 0 Å². The second-order valence-corrected chi connectivity index (χ2v) is 19.0. The van der Waals surface area contributed by atoms with Gasteiger partial charge in [-0.15, -0.1) is 34.3 Å². The van der Waals surface area contributed by atoms with Gasteiger partial charge in [0.05, 0.1) is 22.8 Å². The van der Waals surface area contributed by atoms with Gasteiger partial charge in [0.15, 0.2) is 69.8 Å². The van der Waals surface area contributed by atoms with Gasteiger partial charge in [-0.1, -0.05) is 0 Å². The van der Waals surface area contributed by atoms with Crippen molar-refractivity contribution in [2.75, 3.05) is 0 Å². The minimum atomic E-state index is -7.22. The van der Waals surface area contributed by atoms with E-state index >= 15 is 35.1 Å². The van der Waals surface area contributed by atoms with Crippen LogP contribution < -0.4 is 21.9 Å². The Kier molecular flexibility index (Phi) is 25.8. The summed E-state index contributed by atoms with van der Waals surface area (Å²) in [6, 6.07) is 66.4. The van der Waals surface area contributed by atoms with Crippen LogP contribution in [0.4, 0.5) is 87.8 Å². The first kappa shape index (κ1) is 74.0. The molecular formula is C68H35BClF20N4Zn-3. The van der Waals surface area contributed by atoms with Crippen LogP contribution in [0.5, 0.6) is 0 Å². The predicted molar refractivity (Wildman–Crippen MR) is 316 cm³/mol. The number of hydrogen-bond acceptors (Lipinski definition) is 2. The van der Waals surface area contributed by atoms with Crippen molar-refractivity contribution in [1.29, 1.82) is 0 Å². The number of benzene rings is 8. The maximum atomic E-state index is 15.4. The summed E-state index contributed by atoms with van der Waals surface area (Å²) in [5.74, 6) is -71.4. The summed E-state index contributed by atoms with van der Waals surface area (Å²) in [4.78, 5) is 16.0. The Balaban J connectivity index is 0.000000232. The molecule has 11 aromatic rings. The van der Waals surface area contributed by atoms with E-state index in [1.807, 2.05) is 164 Å². The number of aromatic nitrogens is 4. The molecule has 27 heteroatoms. The molecule has 0 spiro atoms. The average Bonchev–Trinajstić information content (AvgIpc) is 1.04. The molecule has 0 amide bonds. The van der Waals surface area contributed by atoms with E-state index in [2.05, 4.69) is 74.5 Å². The van der Waals surface area contributed by atoms with Gasteiger partial charge < -0.3 is 9.97 Å². The Morgan fingerprint density at radius 1 is 0.242 bits per heavy atom. The van der Waals surface area contributed by atoms with Gasteiger partial charge in [0.1, 0.15) is 52.7 Å². The summed E-state index contributed by atoms with van der Waals surface area (Å²) < 4.78 is 294. The van der Waals surface area contributed by atoms with Crippen LogP contribution >= 0.6 is 12.4 Å². The molecule has 95 heavy (non-hydrogen) atoms. The summed E-state index contributed by atoms with van der Waals surface area (Å²) in [5, 5.41) is 0. The molecule has 3 aromatic heterocycles. The van der Waals surface area contributed by atoms with E-state index < -0.39 is 144 Å². The fourth-order valence-corrected chi connectivity index (χ4v) is 9.19. The molecule has 0 saturated heterocycles. The molecule has 0 atom stereocenters. The molecule has 8 aromatic carbocycles. The average molecular weight is 1400 g/mol. The minimum Gasteiger partial charge on any atom is -0.355 e. The van der Waals surface area contributed by atoms with Gasteiger partial charge in [-0.05, 0) is 72.8 Å². The molecule has 2 aliphatic heterocycles. The second kappa shape index (κ2) is 33.2. The molecule has 4 nitrogen and oxygen atoms in total. The van der Waals surface area contributed by atoms with E-state index in [-0.39, 0.29) is 31.9 Å². The zero-order chi connectivity index (χ0) is 67.3.